The van der Waals surface area contributed by atoms with Crippen LogP contribution in [0.3, 0.4) is 0 Å². The minimum Gasteiger partial charge on any atom is -0.490 e. The van der Waals surface area contributed by atoms with Crippen molar-refractivity contribution < 1.29 is 28.7 Å². The lowest BCUT2D eigenvalue weighted by Gasteiger charge is -2.20. The van der Waals surface area contributed by atoms with Crippen LogP contribution in [0.4, 0.5) is 10.5 Å². The number of fused-ring (bicyclic) bond motifs is 1. The van der Waals surface area contributed by atoms with Crippen LogP contribution in [0.2, 0.25) is 0 Å². The van der Waals surface area contributed by atoms with Gasteiger partial charge in [-0.25, -0.2) is 9.69 Å². The number of urea groups is 1. The fraction of sp³-hybridized carbons (Fsp3) is 0.474. The highest BCUT2D eigenvalue weighted by atomic mass is 16.5. The molecule has 2 fully saturated rings. The molecule has 4 rings (SSSR count). The molecule has 1 N–H and O–H groups in total. The largest absolute Gasteiger partial charge is 0.490 e. The maximum Gasteiger partial charge on any atom is 0.334 e. The first kappa shape index (κ1) is 18.3. The summed E-state index contributed by atoms with van der Waals surface area (Å²) >= 11 is 0. The predicted octanol–water partition coefficient (Wildman–Crippen LogP) is 1.52. The molecule has 2 aliphatic heterocycles. The molecule has 5 amide bonds. The van der Waals surface area contributed by atoms with Gasteiger partial charge in [-0.2, -0.15) is 0 Å². The minimum atomic E-state index is -0.953. The summed E-state index contributed by atoms with van der Waals surface area (Å²) in [6.07, 6.45) is 3.99. The van der Waals surface area contributed by atoms with E-state index in [1.165, 1.54) is 0 Å². The Morgan fingerprint density at radius 1 is 1.00 bits per heavy atom. The summed E-state index contributed by atoms with van der Waals surface area (Å²) in [4.78, 5) is 51.0. The predicted molar refractivity (Wildman–Crippen MR) is 96.9 cm³/mol. The Labute approximate surface area is 161 Å². The summed E-state index contributed by atoms with van der Waals surface area (Å²) in [5.74, 6) is -1.26. The molecule has 9 nitrogen and oxygen atoms in total. The Morgan fingerprint density at radius 3 is 2.46 bits per heavy atom. The number of imide groups is 2. The summed E-state index contributed by atoms with van der Waals surface area (Å²) < 4.78 is 11.1. The van der Waals surface area contributed by atoms with Crippen LogP contribution in [0, 0.1) is 0 Å². The van der Waals surface area contributed by atoms with E-state index in [1.54, 1.807) is 18.2 Å². The van der Waals surface area contributed by atoms with E-state index in [0.717, 1.165) is 24.2 Å². The van der Waals surface area contributed by atoms with Gasteiger partial charge in [0.1, 0.15) is 6.54 Å². The highest BCUT2D eigenvalue weighted by Gasteiger charge is 2.48. The number of nitrogens with zero attached hydrogens (tertiary/aromatic N) is 2. The highest BCUT2D eigenvalue weighted by molar-refractivity contribution is 6.45. The number of carbonyl (C=O) groups excluding carboxylic acids is 4. The van der Waals surface area contributed by atoms with E-state index < -0.39 is 30.3 Å². The van der Waals surface area contributed by atoms with Crippen LogP contribution in [0.15, 0.2) is 18.2 Å². The van der Waals surface area contributed by atoms with Crippen molar-refractivity contribution in [3.63, 3.8) is 0 Å². The maximum absolute atomic E-state index is 12.5. The summed E-state index contributed by atoms with van der Waals surface area (Å²) in [7, 11) is 0. The van der Waals surface area contributed by atoms with Gasteiger partial charge in [0.25, 0.3) is 0 Å². The van der Waals surface area contributed by atoms with E-state index >= 15 is 0 Å². The zero-order valence-electron chi connectivity index (χ0n) is 15.3. The van der Waals surface area contributed by atoms with Gasteiger partial charge in [-0.3, -0.25) is 19.3 Å². The van der Waals surface area contributed by atoms with Crippen molar-refractivity contribution in [2.45, 2.75) is 38.1 Å². The molecule has 0 bridgehead atoms. The number of amides is 5. The van der Waals surface area contributed by atoms with Crippen LogP contribution in [0.5, 0.6) is 11.5 Å². The van der Waals surface area contributed by atoms with E-state index in [1.807, 2.05) is 0 Å². The van der Waals surface area contributed by atoms with Crippen molar-refractivity contribution in [3.05, 3.63) is 18.2 Å². The Bertz CT molecular complexity index is 833. The molecule has 148 valence electrons. The van der Waals surface area contributed by atoms with Crippen LogP contribution in [0.25, 0.3) is 0 Å². The van der Waals surface area contributed by atoms with Crippen molar-refractivity contribution >= 4 is 29.4 Å². The fourth-order valence-electron chi connectivity index (χ4n) is 3.73. The molecule has 1 saturated carbocycles. The van der Waals surface area contributed by atoms with Gasteiger partial charge in [-0.15, -0.1) is 0 Å². The SMILES string of the molecule is O=C(CN1C(=O)C(=O)N(C2CCCC2)C1=O)Nc1ccc2c(c1)OCCCO2. The molecule has 0 unspecified atom stereocenters. The molecular weight excluding hydrogens is 366 g/mol. The first-order valence-electron chi connectivity index (χ1n) is 9.43. The topological polar surface area (TPSA) is 105 Å². The molecule has 1 aliphatic carbocycles. The Morgan fingerprint density at radius 2 is 1.71 bits per heavy atom. The Hall–Kier alpha value is -3.10. The van der Waals surface area contributed by atoms with Gasteiger partial charge in [0.15, 0.2) is 11.5 Å². The van der Waals surface area contributed by atoms with E-state index in [4.69, 9.17) is 9.47 Å². The maximum atomic E-state index is 12.5. The van der Waals surface area contributed by atoms with Crippen molar-refractivity contribution in [2.24, 2.45) is 0 Å². The molecule has 3 aliphatic rings. The summed E-state index contributed by atoms with van der Waals surface area (Å²) in [5.41, 5.74) is 0.451. The average Bonchev–Trinajstić information content (AvgIpc) is 3.17. The number of rotatable bonds is 4. The standard InChI is InChI=1S/C19H21N3O6/c23-16(20-12-6-7-14-15(10-12)28-9-3-8-27-14)11-21-17(24)18(25)22(19(21)26)13-4-1-2-5-13/h6-7,10,13H,1-5,8-9,11H2,(H,20,23). The molecule has 1 saturated heterocycles. The lowest BCUT2D eigenvalue weighted by molar-refractivity contribution is -0.144. The quantitative estimate of drug-likeness (QED) is 0.620. The number of ether oxygens (including phenoxy) is 2. The third kappa shape index (κ3) is 3.39. The number of benzene rings is 1. The molecule has 0 spiro atoms. The smallest absolute Gasteiger partial charge is 0.334 e. The molecule has 2 heterocycles. The van der Waals surface area contributed by atoms with Crippen LogP contribution in [-0.2, 0) is 14.4 Å². The van der Waals surface area contributed by atoms with Gasteiger partial charge in [0.05, 0.1) is 13.2 Å². The molecule has 0 atom stereocenters. The lowest BCUT2D eigenvalue weighted by Crippen LogP contribution is -2.41. The summed E-state index contributed by atoms with van der Waals surface area (Å²) in [6.45, 7) is 0.560. The lowest BCUT2D eigenvalue weighted by atomic mass is 10.2. The van der Waals surface area contributed by atoms with Gasteiger partial charge in [0.2, 0.25) is 5.91 Å². The first-order valence-corrected chi connectivity index (χ1v) is 9.43. The zero-order valence-corrected chi connectivity index (χ0v) is 15.3. The number of nitrogens with one attached hydrogen (secondary N) is 1. The second kappa shape index (κ2) is 7.49. The fourth-order valence-corrected chi connectivity index (χ4v) is 3.73. The Balaban J connectivity index is 1.42. The van der Waals surface area contributed by atoms with Gasteiger partial charge < -0.3 is 14.8 Å². The van der Waals surface area contributed by atoms with E-state index in [0.29, 0.717) is 48.1 Å². The molecule has 1 aromatic carbocycles. The monoisotopic (exact) mass is 387 g/mol. The minimum absolute atomic E-state index is 0.251. The van der Waals surface area contributed by atoms with Gasteiger partial charge in [-0.05, 0) is 25.0 Å². The van der Waals surface area contributed by atoms with Gasteiger partial charge >= 0.3 is 17.8 Å². The number of hydrogen-bond donors (Lipinski definition) is 1. The molecule has 0 aromatic heterocycles. The average molecular weight is 387 g/mol. The summed E-state index contributed by atoms with van der Waals surface area (Å²) in [5, 5.41) is 2.63. The number of anilines is 1. The van der Waals surface area contributed by atoms with E-state index in [-0.39, 0.29) is 6.04 Å². The van der Waals surface area contributed by atoms with Crippen molar-refractivity contribution in [2.75, 3.05) is 25.1 Å². The van der Waals surface area contributed by atoms with Crippen LogP contribution in [0.1, 0.15) is 32.1 Å². The third-order valence-electron chi connectivity index (χ3n) is 5.11. The zero-order chi connectivity index (χ0) is 19.7. The number of carbonyl (C=O) groups is 4. The normalized spacial score (nSPS) is 19.9. The van der Waals surface area contributed by atoms with Gasteiger partial charge in [-0.1, -0.05) is 12.8 Å². The third-order valence-corrected chi connectivity index (χ3v) is 5.11. The van der Waals surface area contributed by atoms with Crippen molar-refractivity contribution in [3.8, 4) is 11.5 Å². The molecule has 9 heteroatoms. The molecule has 1 aromatic rings. The molecular formula is C19H21N3O6. The van der Waals surface area contributed by atoms with E-state index in [9.17, 15) is 19.2 Å². The highest BCUT2D eigenvalue weighted by Crippen LogP contribution is 2.32. The van der Waals surface area contributed by atoms with Crippen LogP contribution < -0.4 is 14.8 Å². The Kier molecular flexibility index (Phi) is 4.89. The second-order valence-electron chi connectivity index (χ2n) is 7.05. The van der Waals surface area contributed by atoms with Crippen molar-refractivity contribution in [1.82, 2.24) is 9.80 Å². The molecule has 28 heavy (non-hydrogen) atoms. The summed E-state index contributed by atoms with van der Waals surface area (Å²) in [6, 6.07) is 4.00. The molecule has 0 radical (unpaired) electrons. The van der Waals surface area contributed by atoms with E-state index in [2.05, 4.69) is 5.32 Å². The van der Waals surface area contributed by atoms with Crippen LogP contribution in [-0.4, -0.2) is 59.4 Å². The first-order chi connectivity index (χ1) is 13.5. The van der Waals surface area contributed by atoms with Crippen molar-refractivity contribution in [1.29, 1.82) is 0 Å². The van der Waals surface area contributed by atoms with Gasteiger partial charge in [0, 0.05) is 24.2 Å². The number of hydrogen-bond acceptors (Lipinski definition) is 6. The van der Waals surface area contributed by atoms with Crippen LogP contribution >= 0.6 is 0 Å². The second-order valence-corrected chi connectivity index (χ2v) is 7.05.